The molecule has 0 aromatic carbocycles. The first-order valence-electron chi connectivity index (χ1n) is 5.10. The van der Waals surface area contributed by atoms with Crippen molar-refractivity contribution in [1.82, 2.24) is 10.3 Å². The van der Waals surface area contributed by atoms with Gasteiger partial charge in [-0.25, -0.2) is 0 Å². The van der Waals surface area contributed by atoms with Crippen LogP contribution in [0.5, 0.6) is 0 Å². The minimum atomic E-state index is 0.0504. The van der Waals surface area contributed by atoms with Crippen molar-refractivity contribution in [3.05, 3.63) is 30.1 Å². The van der Waals surface area contributed by atoms with Gasteiger partial charge in [0.1, 0.15) is 0 Å². The largest absolute Gasteiger partial charge is 0.394 e. The van der Waals surface area contributed by atoms with Gasteiger partial charge >= 0.3 is 0 Å². The summed E-state index contributed by atoms with van der Waals surface area (Å²) in [5, 5.41) is 12.5. The lowest BCUT2D eigenvalue weighted by Crippen LogP contribution is -2.36. The number of aliphatic hydroxyl groups excluding tert-OH is 1. The Balaban J connectivity index is 1.73. The number of pyridine rings is 1. The highest BCUT2D eigenvalue weighted by Gasteiger charge is 2.41. The van der Waals surface area contributed by atoms with Gasteiger partial charge in [-0.3, -0.25) is 4.98 Å². The lowest BCUT2D eigenvalue weighted by Gasteiger charge is -2.13. The standard InChI is InChI=1S/C11H16N2O/c14-9-11(5-6-11)13-8-4-10-3-1-2-7-12-10/h1-3,7,13-14H,4-6,8-9H2. The molecule has 1 aromatic heterocycles. The zero-order chi connectivity index (χ0) is 9.86. The molecule has 0 spiro atoms. The number of rotatable bonds is 5. The van der Waals surface area contributed by atoms with E-state index in [-0.39, 0.29) is 12.1 Å². The van der Waals surface area contributed by atoms with Gasteiger partial charge < -0.3 is 10.4 Å². The number of aromatic nitrogens is 1. The summed E-state index contributed by atoms with van der Waals surface area (Å²) in [5.74, 6) is 0. The van der Waals surface area contributed by atoms with E-state index in [0.717, 1.165) is 31.5 Å². The molecule has 0 radical (unpaired) electrons. The Kier molecular flexibility index (Phi) is 2.79. The van der Waals surface area contributed by atoms with Crippen molar-refractivity contribution >= 4 is 0 Å². The summed E-state index contributed by atoms with van der Waals surface area (Å²) in [5.41, 5.74) is 1.16. The molecule has 76 valence electrons. The molecule has 2 N–H and O–H groups in total. The maximum Gasteiger partial charge on any atom is 0.0613 e. The van der Waals surface area contributed by atoms with E-state index in [1.165, 1.54) is 0 Å². The maximum atomic E-state index is 9.08. The second-order valence-electron chi connectivity index (χ2n) is 3.94. The number of nitrogens with one attached hydrogen (secondary N) is 1. The van der Waals surface area contributed by atoms with Crippen molar-refractivity contribution in [2.24, 2.45) is 0 Å². The number of hydrogen-bond acceptors (Lipinski definition) is 3. The summed E-state index contributed by atoms with van der Waals surface area (Å²) in [6.07, 6.45) is 4.95. The predicted molar refractivity (Wildman–Crippen MR) is 55.0 cm³/mol. The zero-order valence-electron chi connectivity index (χ0n) is 8.24. The van der Waals surface area contributed by atoms with Crippen LogP contribution >= 0.6 is 0 Å². The van der Waals surface area contributed by atoms with Crippen molar-refractivity contribution < 1.29 is 5.11 Å². The summed E-state index contributed by atoms with van der Waals surface area (Å²) in [6.45, 7) is 1.16. The van der Waals surface area contributed by atoms with E-state index in [2.05, 4.69) is 10.3 Å². The van der Waals surface area contributed by atoms with E-state index in [0.29, 0.717) is 0 Å². The van der Waals surface area contributed by atoms with E-state index in [9.17, 15) is 0 Å². The number of nitrogens with zero attached hydrogens (tertiary/aromatic N) is 1. The van der Waals surface area contributed by atoms with Gasteiger partial charge in [0.25, 0.3) is 0 Å². The molecule has 0 aliphatic heterocycles. The van der Waals surface area contributed by atoms with E-state index in [4.69, 9.17) is 5.11 Å². The van der Waals surface area contributed by atoms with Gasteiger partial charge in [-0.15, -0.1) is 0 Å². The Hall–Kier alpha value is -0.930. The van der Waals surface area contributed by atoms with Crippen LogP contribution in [-0.4, -0.2) is 28.8 Å². The second-order valence-corrected chi connectivity index (χ2v) is 3.94. The van der Waals surface area contributed by atoms with Crippen LogP contribution in [0.2, 0.25) is 0 Å². The Morgan fingerprint density at radius 2 is 2.29 bits per heavy atom. The lowest BCUT2D eigenvalue weighted by atomic mass is 10.2. The highest BCUT2D eigenvalue weighted by Crippen LogP contribution is 2.34. The molecule has 1 fully saturated rings. The first-order chi connectivity index (χ1) is 6.85. The van der Waals surface area contributed by atoms with E-state index < -0.39 is 0 Å². The monoisotopic (exact) mass is 192 g/mol. The molecular formula is C11H16N2O. The van der Waals surface area contributed by atoms with Crippen molar-refractivity contribution in [2.75, 3.05) is 13.2 Å². The second kappa shape index (κ2) is 4.07. The van der Waals surface area contributed by atoms with Crippen LogP contribution in [0.1, 0.15) is 18.5 Å². The highest BCUT2D eigenvalue weighted by molar-refractivity contribution is 5.06. The van der Waals surface area contributed by atoms with Gasteiger partial charge in [0.15, 0.2) is 0 Å². The molecule has 0 saturated heterocycles. The average molecular weight is 192 g/mol. The fraction of sp³-hybridized carbons (Fsp3) is 0.545. The Bertz CT molecular complexity index is 283. The maximum absolute atomic E-state index is 9.08. The van der Waals surface area contributed by atoms with Crippen LogP contribution in [-0.2, 0) is 6.42 Å². The quantitative estimate of drug-likeness (QED) is 0.723. The van der Waals surface area contributed by atoms with Crippen LogP contribution < -0.4 is 5.32 Å². The minimum Gasteiger partial charge on any atom is -0.394 e. The summed E-state index contributed by atoms with van der Waals surface area (Å²) in [7, 11) is 0. The average Bonchev–Trinajstić information content (AvgIpc) is 3.00. The molecule has 14 heavy (non-hydrogen) atoms. The molecule has 0 amide bonds. The van der Waals surface area contributed by atoms with Crippen molar-refractivity contribution in [3.8, 4) is 0 Å². The van der Waals surface area contributed by atoms with Gasteiger partial charge in [-0.05, 0) is 25.0 Å². The summed E-state index contributed by atoms with van der Waals surface area (Å²) in [4.78, 5) is 4.24. The molecule has 1 aliphatic rings. The fourth-order valence-electron chi connectivity index (χ4n) is 1.54. The molecule has 0 atom stereocenters. The Labute approximate surface area is 84.2 Å². The van der Waals surface area contributed by atoms with Gasteiger partial charge in [0, 0.05) is 30.4 Å². The van der Waals surface area contributed by atoms with Crippen LogP contribution in [0, 0.1) is 0 Å². The van der Waals surface area contributed by atoms with Crippen LogP contribution in [0.4, 0.5) is 0 Å². The highest BCUT2D eigenvalue weighted by atomic mass is 16.3. The Morgan fingerprint density at radius 3 is 2.86 bits per heavy atom. The van der Waals surface area contributed by atoms with Gasteiger partial charge in [0.2, 0.25) is 0 Å². The molecule has 2 rings (SSSR count). The van der Waals surface area contributed by atoms with Crippen molar-refractivity contribution in [2.45, 2.75) is 24.8 Å². The van der Waals surface area contributed by atoms with E-state index in [1.54, 1.807) is 0 Å². The molecule has 1 heterocycles. The van der Waals surface area contributed by atoms with E-state index >= 15 is 0 Å². The predicted octanol–water partition coefficient (Wildman–Crippen LogP) is 0.739. The topological polar surface area (TPSA) is 45.1 Å². The van der Waals surface area contributed by atoms with Crippen LogP contribution in [0.15, 0.2) is 24.4 Å². The smallest absolute Gasteiger partial charge is 0.0613 e. The third-order valence-electron chi connectivity index (χ3n) is 2.76. The SMILES string of the molecule is OCC1(NCCc2ccccn2)CC1. The zero-order valence-corrected chi connectivity index (χ0v) is 8.24. The Morgan fingerprint density at radius 1 is 1.43 bits per heavy atom. The first kappa shape index (κ1) is 9.62. The molecule has 0 unspecified atom stereocenters. The molecule has 1 saturated carbocycles. The van der Waals surface area contributed by atoms with Gasteiger partial charge in [0.05, 0.1) is 6.61 Å². The van der Waals surface area contributed by atoms with Crippen molar-refractivity contribution in [3.63, 3.8) is 0 Å². The summed E-state index contributed by atoms with van der Waals surface area (Å²) >= 11 is 0. The van der Waals surface area contributed by atoms with Crippen LogP contribution in [0.3, 0.4) is 0 Å². The third kappa shape index (κ3) is 2.30. The number of aliphatic hydroxyl groups is 1. The van der Waals surface area contributed by atoms with E-state index in [1.807, 2.05) is 24.4 Å². The number of hydrogen-bond donors (Lipinski definition) is 2. The normalized spacial score (nSPS) is 18.1. The van der Waals surface area contributed by atoms with Gasteiger partial charge in [-0.2, -0.15) is 0 Å². The summed E-state index contributed by atoms with van der Waals surface area (Å²) < 4.78 is 0. The molecule has 3 nitrogen and oxygen atoms in total. The fourth-order valence-corrected chi connectivity index (χ4v) is 1.54. The molecule has 1 aromatic rings. The van der Waals surface area contributed by atoms with Gasteiger partial charge in [-0.1, -0.05) is 6.07 Å². The lowest BCUT2D eigenvalue weighted by molar-refractivity contribution is 0.231. The third-order valence-corrected chi connectivity index (χ3v) is 2.76. The van der Waals surface area contributed by atoms with Crippen molar-refractivity contribution in [1.29, 1.82) is 0 Å². The molecule has 3 heteroatoms. The minimum absolute atomic E-state index is 0.0504. The molecule has 1 aliphatic carbocycles. The van der Waals surface area contributed by atoms with Crippen LogP contribution in [0.25, 0.3) is 0 Å². The molecular weight excluding hydrogens is 176 g/mol. The first-order valence-corrected chi connectivity index (χ1v) is 5.10. The summed E-state index contributed by atoms with van der Waals surface area (Å²) in [6, 6.07) is 5.95. The molecule has 0 bridgehead atoms.